The molecular formula is C11H13FN2O2. The van der Waals surface area contributed by atoms with Gasteiger partial charge in [0.2, 0.25) is 5.91 Å². The Balaban J connectivity index is 2.56. The molecule has 0 bridgehead atoms. The van der Waals surface area contributed by atoms with E-state index in [2.05, 4.69) is 0 Å². The molecule has 0 radical (unpaired) electrons. The first kappa shape index (κ1) is 12.2. The number of carbonyl (C=O) groups excluding carboxylic acids is 1. The van der Waals surface area contributed by atoms with Gasteiger partial charge in [-0.1, -0.05) is 0 Å². The summed E-state index contributed by atoms with van der Waals surface area (Å²) in [5.41, 5.74) is 10.6. The molecule has 1 aromatic carbocycles. The van der Waals surface area contributed by atoms with E-state index in [0.29, 0.717) is 11.3 Å². The summed E-state index contributed by atoms with van der Waals surface area (Å²) in [6.07, 6.45) is 1.23. The van der Waals surface area contributed by atoms with Crippen molar-refractivity contribution in [2.24, 2.45) is 11.5 Å². The Bertz CT molecular complexity index is 387. The molecule has 4 N–H and O–H groups in total. The minimum Gasteiger partial charge on any atom is -0.487 e. The molecule has 0 aromatic heterocycles. The van der Waals surface area contributed by atoms with Crippen molar-refractivity contribution in [3.8, 4) is 5.75 Å². The van der Waals surface area contributed by atoms with Gasteiger partial charge in [0.25, 0.3) is 0 Å². The smallest absolute Gasteiger partial charge is 0.248 e. The Hall–Kier alpha value is -1.88. The molecule has 0 heterocycles. The molecule has 5 heteroatoms. The molecule has 16 heavy (non-hydrogen) atoms. The molecule has 1 aromatic rings. The fourth-order valence-corrected chi connectivity index (χ4v) is 1.05. The van der Waals surface area contributed by atoms with Crippen LogP contribution in [-0.4, -0.2) is 19.1 Å². The van der Waals surface area contributed by atoms with Crippen LogP contribution in [0.1, 0.15) is 10.4 Å². The van der Waals surface area contributed by atoms with Crippen LogP contribution in [0.25, 0.3) is 0 Å². The van der Waals surface area contributed by atoms with Crippen LogP contribution in [-0.2, 0) is 0 Å². The Labute approximate surface area is 92.7 Å². The first-order valence-electron chi connectivity index (χ1n) is 4.70. The number of ether oxygens (including phenoxy) is 1. The summed E-state index contributed by atoms with van der Waals surface area (Å²) >= 11 is 0. The minimum absolute atomic E-state index is 0.135. The number of carbonyl (C=O) groups is 1. The van der Waals surface area contributed by atoms with Crippen LogP contribution < -0.4 is 16.2 Å². The first-order chi connectivity index (χ1) is 7.63. The third kappa shape index (κ3) is 3.70. The van der Waals surface area contributed by atoms with E-state index in [1.165, 1.54) is 18.2 Å². The molecule has 0 atom stereocenters. The van der Waals surface area contributed by atoms with E-state index in [-0.39, 0.29) is 13.2 Å². The quantitative estimate of drug-likeness (QED) is 0.782. The number of nitrogens with two attached hydrogens (primary N) is 2. The van der Waals surface area contributed by atoms with Crippen molar-refractivity contribution < 1.29 is 13.9 Å². The zero-order chi connectivity index (χ0) is 12.0. The third-order valence-corrected chi connectivity index (χ3v) is 1.85. The van der Waals surface area contributed by atoms with Crippen LogP contribution >= 0.6 is 0 Å². The van der Waals surface area contributed by atoms with Crippen molar-refractivity contribution in [2.45, 2.75) is 0 Å². The lowest BCUT2D eigenvalue weighted by molar-refractivity contribution is 0.100. The van der Waals surface area contributed by atoms with Gasteiger partial charge in [-0.3, -0.25) is 4.79 Å². The molecule has 1 amide bonds. The van der Waals surface area contributed by atoms with Gasteiger partial charge in [0.05, 0.1) is 0 Å². The van der Waals surface area contributed by atoms with Gasteiger partial charge in [-0.15, -0.1) is 0 Å². The van der Waals surface area contributed by atoms with Crippen molar-refractivity contribution >= 4 is 5.91 Å². The van der Waals surface area contributed by atoms with E-state index in [4.69, 9.17) is 16.2 Å². The standard InChI is InChI=1S/C11H13FN2O2/c12-9(5-6-13)7-16-10-3-1-8(2-4-10)11(14)15/h1-5H,6-7,13H2,(H2,14,15)/b9-5-. The number of hydrogen-bond donors (Lipinski definition) is 2. The van der Waals surface area contributed by atoms with Crippen molar-refractivity contribution in [3.63, 3.8) is 0 Å². The lowest BCUT2D eigenvalue weighted by Gasteiger charge is -2.04. The summed E-state index contributed by atoms with van der Waals surface area (Å²) in [4.78, 5) is 10.8. The van der Waals surface area contributed by atoms with Crippen LogP contribution in [0.15, 0.2) is 36.2 Å². The molecule has 4 nitrogen and oxygen atoms in total. The highest BCUT2D eigenvalue weighted by Gasteiger charge is 2.01. The lowest BCUT2D eigenvalue weighted by Crippen LogP contribution is -2.10. The van der Waals surface area contributed by atoms with Crippen molar-refractivity contribution in [1.82, 2.24) is 0 Å². The van der Waals surface area contributed by atoms with Gasteiger partial charge in [-0.25, -0.2) is 4.39 Å². The minimum atomic E-state index is -0.513. The largest absolute Gasteiger partial charge is 0.487 e. The topological polar surface area (TPSA) is 78.3 Å². The Kier molecular flexibility index (Phi) is 4.47. The maximum atomic E-state index is 12.9. The third-order valence-electron chi connectivity index (χ3n) is 1.85. The van der Waals surface area contributed by atoms with Crippen LogP contribution in [0.4, 0.5) is 4.39 Å². The van der Waals surface area contributed by atoms with E-state index in [1.807, 2.05) is 0 Å². The van der Waals surface area contributed by atoms with Gasteiger partial charge >= 0.3 is 0 Å². The summed E-state index contributed by atoms with van der Waals surface area (Å²) in [7, 11) is 0. The maximum Gasteiger partial charge on any atom is 0.248 e. The monoisotopic (exact) mass is 224 g/mol. The number of benzene rings is 1. The Morgan fingerprint density at radius 1 is 1.38 bits per heavy atom. The highest BCUT2D eigenvalue weighted by molar-refractivity contribution is 5.92. The highest BCUT2D eigenvalue weighted by atomic mass is 19.1. The molecule has 1 rings (SSSR count). The fraction of sp³-hybridized carbons (Fsp3) is 0.182. The zero-order valence-electron chi connectivity index (χ0n) is 8.65. The van der Waals surface area contributed by atoms with Crippen LogP contribution in [0.3, 0.4) is 0 Å². The normalized spacial score (nSPS) is 11.2. The summed E-state index contributed by atoms with van der Waals surface area (Å²) in [5.74, 6) is -0.479. The zero-order valence-corrected chi connectivity index (χ0v) is 8.65. The lowest BCUT2D eigenvalue weighted by atomic mass is 10.2. The van der Waals surface area contributed by atoms with E-state index >= 15 is 0 Å². The van der Waals surface area contributed by atoms with Crippen molar-refractivity contribution in [2.75, 3.05) is 13.2 Å². The van der Waals surface area contributed by atoms with Crippen molar-refractivity contribution in [3.05, 3.63) is 41.7 Å². The number of hydrogen-bond acceptors (Lipinski definition) is 3. The van der Waals surface area contributed by atoms with Gasteiger partial charge in [0.1, 0.15) is 18.2 Å². The Morgan fingerprint density at radius 3 is 2.50 bits per heavy atom. The summed E-state index contributed by atoms with van der Waals surface area (Å²) in [6, 6.07) is 6.13. The highest BCUT2D eigenvalue weighted by Crippen LogP contribution is 2.13. The van der Waals surface area contributed by atoms with E-state index in [1.54, 1.807) is 12.1 Å². The summed E-state index contributed by atoms with van der Waals surface area (Å²) in [6.45, 7) is -0.0388. The van der Waals surface area contributed by atoms with Crippen LogP contribution in [0.5, 0.6) is 5.75 Å². The second kappa shape index (κ2) is 5.87. The number of rotatable bonds is 5. The Morgan fingerprint density at radius 2 is 2.00 bits per heavy atom. The molecular weight excluding hydrogens is 211 g/mol. The van der Waals surface area contributed by atoms with Gasteiger partial charge < -0.3 is 16.2 Å². The fourth-order valence-electron chi connectivity index (χ4n) is 1.05. The second-order valence-corrected chi connectivity index (χ2v) is 3.06. The average Bonchev–Trinajstić information content (AvgIpc) is 2.27. The molecule has 86 valence electrons. The average molecular weight is 224 g/mol. The molecule has 0 fully saturated rings. The molecule has 0 spiro atoms. The van der Waals surface area contributed by atoms with E-state index in [0.717, 1.165) is 0 Å². The van der Waals surface area contributed by atoms with Crippen LogP contribution in [0.2, 0.25) is 0 Å². The summed E-state index contributed by atoms with van der Waals surface area (Å²) < 4.78 is 18.0. The van der Waals surface area contributed by atoms with Gasteiger partial charge in [0.15, 0.2) is 0 Å². The SMILES string of the molecule is NC/C=C(\F)COc1ccc(C(N)=O)cc1. The van der Waals surface area contributed by atoms with Gasteiger partial charge in [0, 0.05) is 12.1 Å². The van der Waals surface area contributed by atoms with E-state index in [9.17, 15) is 9.18 Å². The molecule has 0 saturated carbocycles. The maximum absolute atomic E-state index is 12.9. The summed E-state index contributed by atoms with van der Waals surface area (Å²) in [5, 5.41) is 0. The molecule has 0 aliphatic heterocycles. The number of halogens is 1. The molecule has 0 aliphatic rings. The molecule has 0 saturated heterocycles. The number of amides is 1. The van der Waals surface area contributed by atoms with Crippen LogP contribution in [0, 0.1) is 0 Å². The van der Waals surface area contributed by atoms with E-state index < -0.39 is 11.7 Å². The second-order valence-electron chi connectivity index (χ2n) is 3.06. The number of primary amides is 1. The molecule has 0 aliphatic carbocycles. The van der Waals surface area contributed by atoms with Gasteiger partial charge in [-0.2, -0.15) is 0 Å². The molecule has 0 unspecified atom stereocenters. The first-order valence-corrected chi connectivity index (χ1v) is 4.70. The van der Waals surface area contributed by atoms with Crippen molar-refractivity contribution in [1.29, 1.82) is 0 Å². The van der Waals surface area contributed by atoms with Gasteiger partial charge in [-0.05, 0) is 30.3 Å². The predicted molar refractivity (Wildman–Crippen MR) is 58.7 cm³/mol. The predicted octanol–water partition coefficient (Wildman–Crippen LogP) is 0.976.